The Kier molecular flexibility index (Phi) is 2.10. The Hall–Kier alpha value is -0.260. The van der Waals surface area contributed by atoms with Crippen molar-refractivity contribution in [1.82, 2.24) is 0 Å². The number of aliphatic hydroxyl groups is 2. The summed E-state index contributed by atoms with van der Waals surface area (Å²) in [5, 5.41) is 19.2. The molecule has 0 aromatic heterocycles. The van der Waals surface area contributed by atoms with Crippen molar-refractivity contribution in [2.75, 3.05) is 19.8 Å². The molecule has 1 aliphatic heterocycles. The standard InChI is InChI=1S/C9H14F2O3/c10-9(11)2-1-7(3-9,4-12)8(13)5-14-6-8/h12-13H,1-6H2. The Morgan fingerprint density at radius 3 is 2.14 bits per heavy atom. The highest BCUT2D eigenvalue weighted by Crippen LogP contribution is 2.54. The van der Waals surface area contributed by atoms with Gasteiger partial charge in [-0.15, -0.1) is 0 Å². The van der Waals surface area contributed by atoms with Crippen LogP contribution in [0.1, 0.15) is 19.3 Å². The van der Waals surface area contributed by atoms with E-state index in [0.717, 1.165) is 0 Å². The van der Waals surface area contributed by atoms with Crippen molar-refractivity contribution in [3.05, 3.63) is 0 Å². The first kappa shape index (κ1) is 10.3. The molecule has 82 valence electrons. The van der Waals surface area contributed by atoms with Gasteiger partial charge in [-0.2, -0.15) is 0 Å². The highest BCUT2D eigenvalue weighted by atomic mass is 19.3. The third-order valence-corrected chi connectivity index (χ3v) is 3.54. The van der Waals surface area contributed by atoms with Gasteiger partial charge in [0.15, 0.2) is 0 Å². The van der Waals surface area contributed by atoms with Gasteiger partial charge in [0.1, 0.15) is 5.60 Å². The summed E-state index contributed by atoms with van der Waals surface area (Å²) < 4.78 is 30.9. The smallest absolute Gasteiger partial charge is 0.248 e. The maximum absolute atomic E-state index is 13.1. The molecule has 2 fully saturated rings. The monoisotopic (exact) mass is 208 g/mol. The zero-order chi connectivity index (χ0) is 10.4. The molecule has 1 unspecified atom stereocenters. The molecule has 2 rings (SSSR count). The van der Waals surface area contributed by atoms with Crippen molar-refractivity contribution < 1.29 is 23.7 Å². The number of aliphatic hydroxyl groups excluding tert-OH is 1. The van der Waals surface area contributed by atoms with E-state index in [0.29, 0.717) is 0 Å². The van der Waals surface area contributed by atoms with Crippen LogP contribution in [0.3, 0.4) is 0 Å². The summed E-state index contributed by atoms with van der Waals surface area (Å²) in [5.41, 5.74) is -2.31. The Balaban J connectivity index is 2.19. The summed E-state index contributed by atoms with van der Waals surface area (Å²) in [6.45, 7) is -0.282. The lowest BCUT2D eigenvalue weighted by atomic mass is 9.69. The van der Waals surface area contributed by atoms with E-state index in [1.807, 2.05) is 0 Å². The molecule has 0 aromatic carbocycles. The number of ether oxygens (including phenoxy) is 1. The second kappa shape index (κ2) is 2.87. The summed E-state index contributed by atoms with van der Waals surface area (Å²) in [5.74, 6) is -2.76. The molecule has 0 bridgehead atoms. The first-order valence-corrected chi connectivity index (χ1v) is 4.72. The zero-order valence-electron chi connectivity index (χ0n) is 7.80. The van der Waals surface area contributed by atoms with E-state index in [2.05, 4.69) is 0 Å². The molecule has 1 saturated carbocycles. The van der Waals surface area contributed by atoms with Gasteiger partial charge in [0.25, 0.3) is 0 Å². The van der Waals surface area contributed by atoms with Crippen LogP contribution in [-0.4, -0.2) is 41.6 Å². The molecule has 2 N–H and O–H groups in total. The first-order chi connectivity index (χ1) is 6.43. The highest BCUT2D eigenvalue weighted by Gasteiger charge is 2.62. The Morgan fingerprint density at radius 2 is 1.86 bits per heavy atom. The zero-order valence-corrected chi connectivity index (χ0v) is 7.80. The van der Waals surface area contributed by atoms with Crippen LogP contribution in [0.2, 0.25) is 0 Å². The number of alkyl halides is 2. The fourth-order valence-corrected chi connectivity index (χ4v) is 2.37. The van der Waals surface area contributed by atoms with Crippen LogP contribution in [0.25, 0.3) is 0 Å². The van der Waals surface area contributed by atoms with Crippen LogP contribution in [-0.2, 0) is 4.74 Å². The molecule has 3 nitrogen and oxygen atoms in total. The van der Waals surface area contributed by atoms with Gasteiger partial charge in [-0.05, 0) is 6.42 Å². The number of hydrogen-bond donors (Lipinski definition) is 2. The average Bonchev–Trinajstić information content (AvgIpc) is 2.39. The van der Waals surface area contributed by atoms with E-state index in [9.17, 15) is 19.0 Å². The van der Waals surface area contributed by atoms with Gasteiger partial charge in [-0.25, -0.2) is 8.78 Å². The molecule has 5 heteroatoms. The van der Waals surface area contributed by atoms with E-state index in [-0.39, 0.29) is 26.1 Å². The van der Waals surface area contributed by atoms with Gasteiger partial charge in [0.2, 0.25) is 5.92 Å². The minimum Gasteiger partial charge on any atom is -0.396 e. The molecule has 1 aliphatic carbocycles. The number of rotatable bonds is 2. The SMILES string of the molecule is OCC1(C2(O)COC2)CCC(F)(F)C1. The second-order valence-corrected chi connectivity index (χ2v) is 4.50. The minimum absolute atomic E-state index is 0.0592. The fourth-order valence-electron chi connectivity index (χ4n) is 2.37. The summed E-state index contributed by atoms with van der Waals surface area (Å²) in [4.78, 5) is 0. The maximum Gasteiger partial charge on any atom is 0.248 e. The van der Waals surface area contributed by atoms with Crippen molar-refractivity contribution in [2.45, 2.75) is 30.8 Å². The minimum atomic E-state index is -2.76. The molecule has 14 heavy (non-hydrogen) atoms. The molecular formula is C9H14F2O3. The van der Waals surface area contributed by atoms with Gasteiger partial charge in [0, 0.05) is 18.3 Å². The Labute approximate surface area is 80.7 Å². The van der Waals surface area contributed by atoms with Gasteiger partial charge < -0.3 is 14.9 Å². The van der Waals surface area contributed by atoms with Crippen molar-refractivity contribution in [2.24, 2.45) is 5.41 Å². The molecule has 0 aromatic rings. The van der Waals surface area contributed by atoms with E-state index in [1.54, 1.807) is 0 Å². The summed E-state index contributed by atoms with van der Waals surface area (Å²) >= 11 is 0. The first-order valence-electron chi connectivity index (χ1n) is 4.72. The average molecular weight is 208 g/mol. The lowest BCUT2D eigenvalue weighted by Gasteiger charge is -2.49. The Morgan fingerprint density at radius 1 is 1.21 bits per heavy atom. The van der Waals surface area contributed by atoms with E-state index in [4.69, 9.17) is 4.74 Å². The van der Waals surface area contributed by atoms with Gasteiger partial charge >= 0.3 is 0 Å². The van der Waals surface area contributed by atoms with Crippen LogP contribution in [0.4, 0.5) is 8.78 Å². The normalized spacial score (nSPS) is 39.4. The largest absolute Gasteiger partial charge is 0.396 e. The summed E-state index contributed by atoms with van der Waals surface area (Å²) in [6, 6.07) is 0. The molecule has 0 spiro atoms. The molecule has 0 amide bonds. The fraction of sp³-hybridized carbons (Fsp3) is 1.00. The van der Waals surface area contributed by atoms with Crippen LogP contribution in [0, 0.1) is 5.41 Å². The van der Waals surface area contributed by atoms with Crippen LogP contribution in [0.15, 0.2) is 0 Å². The number of hydrogen-bond acceptors (Lipinski definition) is 3. The molecule has 0 radical (unpaired) electrons. The van der Waals surface area contributed by atoms with Gasteiger partial charge in [-0.3, -0.25) is 0 Å². The van der Waals surface area contributed by atoms with Gasteiger partial charge in [0.05, 0.1) is 19.8 Å². The van der Waals surface area contributed by atoms with E-state index in [1.165, 1.54) is 0 Å². The Bertz CT molecular complexity index is 240. The molecule has 2 aliphatic rings. The third-order valence-electron chi connectivity index (χ3n) is 3.54. The predicted molar refractivity (Wildman–Crippen MR) is 44.1 cm³/mol. The quantitative estimate of drug-likeness (QED) is 0.696. The van der Waals surface area contributed by atoms with Crippen molar-refractivity contribution >= 4 is 0 Å². The van der Waals surface area contributed by atoms with Crippen LogP contribution in [0.5, 0.6) is 0 Å². The summed E-state index contributed by atoms with van der Waals surface area (Å²) in [7, 11) is 0. The number of halogens is 2. The second-order valence-electron chi connectivity index (χ2n) is 4.50. The van der Waals surface area contributed by atoms with Crippen molar-refractivity contribution in [3.63, 3.8) is 0 Å². The van der Waals surface area contributed by atoms with Crippen molar-refractivity contribution in [1.29, 1.82) is 0 Å². The molecule has 1 heterocycles. The van der Waals surface area contributed by atoms with E-state index >= 15 is 0 Å². The molecule has 1 saturated heterocycles. The lowest BCUT2D eigenvalue weighted by molar-refractivity contribution is -0.252. The van der Waals surface area contributed by atoms with Gasteiger partial charge in [-0.1, -0.05) is 0 Å². The topological polar surface area (TPSA) is 49.7 Å². The third kappa shape index (κ3) is 1.26. The molecule has 1 atom stereocenters. The predicted octanol–water partition coefficient (Wildman–Crippen LogP) is 0.546. The van der Waals surface area contributed by atoms with E-state index < -0.39 is 30.0 Å². The van der Waals surface area contributed by atoms with Crippen LogP contribution < -0.4 is 0 Å². The lowest BCUT2D eigenvalue weighted by Crippen LogP contribution is -2.62. The molecular weight excluding hydrogens is 194 g/mol. The van der Waals surface area contributed by atoms with Crippen LogP contribution >= 0.6 is 0 Å². The summed E-state index contributed by atoms with van der Waals surface area (Å²) in [6.07, 6.45) is -0.525. The maximum atomic E-state index is 13.1. The van der Waals surface area contributed by atoms with Crippen molar-refractivity contribution in [3.8, 4) is 0 Å². The highest BCUT2D eigenvalue weighted by molar-refractivity contribution is 5.08.